The highest BCUT2D eigenvalue weighted by Gasteiger charge is 2.33. The van der Waals surface area contributed by atoms with Crippen molar-refractivity contribution in [1.82, 2.24) is 0 Å². The van der Waals surface area contributed by atoms with Crippen molar-refractivity contribution in [1.29, 1.82) is 0 Å². The smallest absolute Gasteiger partial charge is 0.134 e. The Labute approximate surface area is 196 Å². The van der Waals surface area contributed by atoms with Crippen LogP contribution in [0.2, 0.25) is 0 Å². The van der Waals surface area contributed by atoms with Gasteiger partial charge < -0.3 is 0 Å². The van der Waals surface area contributed by atoms with Gasteiger partial charge in [-0.1, -0.05) is 73.2 Å². The number of hydrogen-bond acceptors (Lipinski definition) is 1. The van der Waals surface area contributed by atoms with Gasteiger partial charge in [-0.05, 0) is 99.3 Å². The van der Waals surface area contributed by atoms with E-state index in [1.807, 2.05) is 0 Å². The van der Waals surface area contributed by atoms with Crippen molar-refractivity contribution in [2.45, 2.75) is 104 Å². The van der Waals surface area contributed by atoms with E-state index in [9.17, 15) is 4.79 Å². The predicted octanol–water partition coefficient (Wildman–Crippen LogP) is 8.52. The molecule has 0 radical (unpaired) electrons. The lowest BCUT2D eigenvalue weighted by molar-refractivity contribution is -0.120. The Kier molecular flexibility index (Phi) is 7.54. The van der Waals surface area contributed by atoms with E-state index in [1.54, 1.807) is 0 Å². The zero-order valence-corrected chi connectivity index (χ0v) is 20.8. The van der Waals surface area contributed by atoms with E-state index in [1.165, 1.54) is 84.7 Å². The summed E-state index contributed by atoms with van der Waals surface area (Å²) in [7, 11) is 0. The molecule has 0 unspecified atom stereocenters. The maximum atomic E-state index is 13.7. The fraction of sp³-hybridized carbons (Fsp3) is 0.581. The van der Waals surface area contributed by atoms with Gasteiger partial charge in [0, 0.05) is 12.8 Å². The molecule has 1 heteroatoms. The maximum absolute atomic E-state index is 13.7. The van der Waals surface area contributed by atoms with E-state index in [0.29, 0.717) is 29.5 Å². The Hall–Kier alpha value is -1.89. The van der Waals surface area contributed by atoms with Crippen LogP contribution < -0.4 is 0 Å². The van der Waals surface area contributed by atoms with Gasteiger partial charge in [0.2, 0.25) is 0 Å². The number of aryl methyl sites for hydroxylation is 4. The minimum atomic E-state index is 0.397. The minimum absolute atomic E-state index is 0.397. The molecule has 0 bridgehead atoms. The second-order valence-electron chi connectivity index (χ2n) is 11.0. The molecular weight excluding hydrogens is 388 g/mol. The van der Waals surface area contributed by atoms with Crippen LogP contribution in [0.1, 0.15) is 109 Å². The lowest BCUT2D eigenvalue weighted by atomic mass is 9.75. The van der Waals surface area contributed by atoms with Gasteiger partial charge in [0.15, 0.2) is 0 Å². The first-order valence-electron chi connectivity index (χ1n) is 13.1. The SMILES string of the molecule is Cc1ccc([C@@H](CC(=O)C[C@H](c2ccc(C)cc2C)C2CCCC2)C2CCCC2)c(C)c1. The number of rotatable bonds is 8. The quantitative estimate of drug-likeness (QED) is 0.410. The molecule has 0 heterocycles. The Morgan fingerprint density at radius 1 is 0.688 bits per heavy atom. The second kappa shape index (κ2) is 10.4. The Morgan fingerprint density at radius 3 is 1.41 bits per heavy atom. The van der Waals surface area contributed by atoms with Gasteiger partial charge >= 0.3 is 0 Å². The van der Waals surface area contributed by atoms with Crippen molar-refractivity contribution in [3.05, 3.63) is 69.8 Å². The number of ketones is 1. The van der Waals surface area contributed by atoms with Gasteiger partial charge in [-0.2, -0.15) is 0 Å². The zero-order valence-electron chi connectivity index (χ0n) is 20.8. The third-order valence-electron chi connectivity index (χ3n) is 8.48. The van der Waals surface area contributed by atoms with Crippen LogP contribution in [-0.4, -0.2) is 5.78 Å². The summed E-state index contributed by atoms with van der Waals surface area (Å²) in [6, 6.07) is 13.7. The predicted molar refractivity (Wildman–Crippen MR) is 135 cm³/mol. The number of benzene rings is 2. The van der Waals surface area contributed by atoms with Crippen molar-refractivity contribution in [2.75, 3.05) is 0 Å². The average Bonchev–Trinajstić information content (AvgIpc) is 3.45. The van der Waals surface area contributed by atoms with E-state index < -0.39 is 0 Å². The maximum Gasteiger partial charge on any atom is 0.134 e. The summed E-state index contributed by atoms with van der Waals surface area (Å²) in [5.74, 6) is 2.62. The molecule has 0 spiro atoms. The molecule has 172 valence electrons. The number of carbonyl (C=O) groups excluding carboxylic acids is 1. The molecule has 0 N–H and O–H groups in total. The summed E-state index contributed by atoms with van der Waals surface area (Å²) >= 11 is 0. The fourth-order valence-electron chi connectivity index (χ4n) is 6.84. The van der Waals surface area contributed by atoms with Crippen LogP contribution in [0.25, 0.3) is 0 Å². The highest BCUT2D eigenvalue weighted by Crippen LogP contribution is 2.44. The van der Waals surface area contributed by atoms with Gasteiger partial charge in [-0.15, -0.1) is 0 Å². The first-order chi connectivity index (χ1) is 15.4. The third kappa shape index (κ3) is 5.36. The van der Waals surface area contributed by atoms with Crippen molar-refractivity contribution in [2.24, 2.45) is 11.8 Å². The average molecular weight is 431 g/mol. The molecule has 1 nitrogen and oxygen atoms in total. The van der Waals surface area contributed by atoms with Crippen molar-refractivity contribution < 1.29 is 4.79 Å². The minimum Gasteiger partial charge on any atom is -0.300 e. The molecule has 0 aromatic heterocycles. The van der Waals surface area contributed by atoms with Crippen LogP contribution in [0, 0.1) is 39.5 Å². The van der Waals surface area contributed by atoms with Gasteiger partial charge in [0.1, 0.15) is 5.78 Å². The molecule has 0 amide bonds. The highest BCUT2D eigenvalue weighted by atomic mass is 16.1. The summed E-state index contributed by atoms with van der Waals surface area (Å²) < 4.78 is 0. The molecule has 2 aliphatic rings. The van der Waals surface area contributed by atoms with Crippen molar-refractivity contribution in [3.63, 3.8) is 0 Å². The third-order valence-corrected chi connectivity index (χ3v) is 8.48. The number of hydrogen-bond donors (Lipinski definition) is 0. The first-order valence-corrected chi connectivity index (χ1v) is 13.1. The molecule has 2 saturated carbocycles. The molecule has 4 rings (SSSR count). The summed E-state index contributed by atoms with van der Waals surface area (Å²) in [6.07, 6.45) is 11.9. The van der Waals surface area contributed by atoms with Gasteiger partial charge in [0.25, 0.3) is 0 Å². The largest absolute Gasteiger partial charge is 0.300 e. The molecule has 2 atom stereocenters. The molecule has 2 fully saturated rings. The van der Waals surface area contributed by atoms with Crippen LogP contribution in [-0.2, 0) is 4.79 Å². The lowest BCUT2D eigenvalue weighted by Gasteiger charge is -2.28. The molecule has 32 heavy (non-hydrogen) atoms. The Balaban J connectivity index is 1.57. The molecule has 2 aromatic rings. The number of carbonyl (C=O) groups is 1. The molecule has 0 saturated heterocycles. The summed E-state index contributed by atoms with van der Waals surface area (Å²) in [4.78, 5) is 13.7. The monoisotopic (exact) mass is 430 g/mol. The highest BCUT2D eigenvalue weighted by molar-refractivity contribution is 5.80. The summed E-state index contributed by atoms with van der Waals surface area (Å²) in [5, 5.41) is 0. The molecule has 0 aliphatic heterocycles. The molecule has 2 aromatic carbocycles. The van der Waals surface area contributed by atoms with Crippen LogP contribution in [0.3, 0.4) is 0 Å². The van der Waals surface area contributed by atoms with E-state index in [0.717, 1.165) is 12.8 Å². The lowest BCUT2D eigenvalue weighted by Crippen LogP contribution is -2.20. The van der Waals surface area contributed by atoms with Crippen LogP contribution in [0.4, 0.5) is 0 Å². The van der Waals surface area contributed by atoms with E-state index in [-0.39, 0.29) is 0 Å². The van der Waals surface area contributed by atoms with Gasteiger partial charge in [-0.3, -0.25) is 4.79 Å². The molecule has 2 aliphatic carbocycles. The van der Waals surface area contributed by atoms with Crippen LogP contribution in [0.5, 0.6) is 0 Å². The van der Waals surface area contributed by atoms with Gasteiger partial charge in [-0.25, -0.2) is 0 Å². The summed E-state index contributed by atoms with van der Waals surface area (Å²) in [6.45, 7) is 8.82. The molecular formula is C31H42O. The first kappa shape index (κ1) is 23.3. The van der Waals surface area contributed by atoms with E-state index >= 15 is 0 Å². The Bertz CT molecular complexity index is 852. The van der Waals surface area contributed by atoms with Gasteiger partial charge in [0.05, 0.1) is 0 Å². The fourth-order valence-corrected chi connectivity index (χ4v) is 6.84. The normalized spacial score (nSPS) is 19.4. The Morgan fingerprint density at radius 2 is 1.06 bits per heavy atom. The second-order valence-corrected chi connectivity index (χ2v) is 11.0. The van der Waals surface area contributed by atoms with Crippen LogP contribution in [0.15, 0.2) is 36.4 Å². The summed E-state index contributed by atoms with van der Waals surface area (Å²) in [5.41, 5.74) is 8.24. The van der Waals surface area contributed by atoms with Crippen molar-refractivity contribution in [3.8, 4) is 0 Å². The standard InChI is InChI=1S/C31H42O/c1-21-13-15-28(23(3)17-21)30(25-9-5-6-10-25)19-27(32)20-31(26-11-7-8-12-26)29-16-14-22(2)18-24(29)4/h13-18,25-26,30-31H,5-12,19-20H2,1-4H3/t30-,31-/m0/s1. The van der Waals surface area contributed by atoms with E-state index in [4.69, 9.17) is 0 Å². The topological polar surface area (TPSA) is 17.1 Å². The number of Topliss-reactive ketones (excluding diaryl/α,β-unsaturated/α-hetero) is 1. The zero-order chi connectivity index (χ0) is 22.7. The van der Waals surface area contributed by atoms with Crippen LogP contribution >= 0.6 is 0 Å². The van der Waals surface area contributed by atoms with E-state index in [2.05, 4.69) is 64.1 Å². The van der Waals surface area contributed by atoms with Crippen molar-refractivity contribution >= 4 is 5.78 Å².